The lowest BCUT2D eigenvalue weighted by Crippen LogP contribution is -1.96. The van der Waals surface area contributed by atoms with Gasteiger partial charge in [0.1, 0.15) is 5.75 Å². The summed E-state index contributed by atoms with van der Waals surface area (Å²) in [5.74, 6) is -2.25. The highest BCUT2D eigenvalue weighted by molar-refractivity contribution is 9.11. The predicted molar refractivity (Wildman–Crippen MR) is 48.4 cm³/mol. The van der Waals surface area contributed by atoms with Crippen molar-refractivity contribution in [3.63, 3.8) is 0 Å². The van der Waals surface area contributed by atoms with Gasteiger partial charge in [-0.05, 0) is 37.9 Å². The average molecular weight is 320 g/mol. The first-order valence-corrected chi connectivity index (χ1v) is 4.68. The highest BCUT2D eigenvalue weighted by atomic mass is 79.9. The van der Waals surface area contributed by atoms with Crippen molar-refractivity contribution in [1.82, 2.24) is 0 Å². The van der Waals surface area contributed by atoms with Gasteiger partial charge in [0.2, 0.25) is 6.86 Å². The molecule has 0 N–H and O–H groups in total. The molecular formula is C7H3Br2F3O. The van der Waals surface area contributed by atoms with Crippen LogP contribution >= 0.6 is 31.9 Å². The second-order valence-corrected chi connectivity index (χ2v) is 3.70. The van der Waals surface area contributed by atoms with E-state index < -0.39 is 18.5 Å². The van der Waals surface area contributed by atoms with Gasteiger partial charge in [-0.15, -0.1) is 0 Å². The van der Waals surface area contributed by atoms with Gasteiger partial charge in [-0.3, -0.25) is 0 Å². The minimum Gasteiger partial charge on any atom is -0.462 e. The van der Waals surface area contributed by atoms with Gasteiger partial charge in [0.05, 0.1) is 8.95 Å². The van der Waals surface area contributed by atoms with Crippen LogP contribution in [0.2, 0.25) is 0 Å². The smallest absolute Gasteiger partial charge is 0.228 e. The van der Waals surface area contributed by atoms with E-state index in [2.05, 4.69) is 36.6 Å². The first-order valence-electron chi connectivity index (χ1n) is 3.09. The Hall–Kier alpha value is -0.230. The van der Waals surface area contributed by atoms with Crippen LogP contribution in [-0.2, 0) is 0 Å². The number of hydrogen-bond acceptors (Lipinski definition) is 1. The first kappa shape index (κ1) is 10.8. The van der Waals surface area contributed by atoms with Crippen LogP contribution in [-0.4, -0.2) is 6.86 Å². The molecule has 0 amide bonds. The monoisotopic (exact) mass is 318 g/mol. The molecule has 0 saturated carbocycles. The molecule has 0 aliphatic carbocycles. The van der Waals surface area contributed by atoms with E-state index in [4.69, 9.17) is 0 Å². The predicted octanol–water partition coefficient (Wildman–Crippen LogP) is 3.80. The van der Waals surface area contributed by atoms with E-state index in [9.17, 15) is 13.2 Å². The fourth-order valence-corrected chi connectivity index (χ4v) is 1.50. The highest BCUT2D eigenvalue weighted by Crippen LogP contribution is 2.34. The second kappa shape index (κ2) is 4.32. The average Bonchev–Trinajstić information content (AvgIpc) is 2.11. The van der Waals surface area contributed by atoms with E-state index in [0.717, 1.165) is 6.07 Å². The normalized spacial score (nSPS) is 10.2. The summed E-state index contributed by atoms with van der Waals surface area (Å²) in [6.45, 7) is -1.10. The van der Waals surface area contributed by atoms with E-state index in [1.807, 2.05) is 0 Å². The summed E-state index contributed by atoms with van der Waals surface area (Å²) in [6, 6.07) is 1.14. The van der Waals surface area contributed by atoms with E-state index in [1.165, 1.54) is 0 Å². The molecular weight excluding hydrogens is 317 g/mol. The highest BCUT2D eigenvalue weighted by Gasteiger charge is 2.16. The molecule has 0 aromatic heterocycles. The van der Waals surface area contributed by atoms with E-state index in [1.54, 1.807) is 0 Å². The molecule has 1 aromatic rings. The van der Waals surface area contributed by atoms with Crippen LogP contribution in [0.15, 0.2) is 15.0 Å². The van der Waals surface area contributed by atoms with Gasteiger partial charge in [0, 0.05) is 0 Å². The fraction of sp³-hybridized carbons (Fsp3) is 0.143. The molecule has 0 unspecified atom stereocenters. The topological polar surface area (TPSA) is 9.23 Å². The Bertz CT molecular complexity index is 330. The Kier molecular flexibility index (Phi) is 3.61. The summed E-state index contributed by atoms with van der Waals surface area (Å²) in [6.07, 6.45) is 0. The quantitative estimate of drug-likeness (QED) is 0.595. The van der Waals surface area contributed by atoms with Crippen molar-refractivity contribution in [1.29, 1.82) is 0 Å². The van der Waals surface area contributed by atoms with Gasteiger partial charge in [0.25, 0.3) is 0 Å². The molecule has 0 fully saturated rings. The van der Waals surface area contributed by atoms with E-state index in [0.29, 0.717) is 0 Å². The molecule has 0 aliphatic rings. The summed E-state index contributed by atoms with van der Waals surface area (Å²) in [4.78, 5) is 0. The van der Waals surface area contributed by atoms with Gasteiger partial charge in [-0.25, -0.2) is 13.2 Å². The number of ether oxygens (including phenoxy) is 1. The van der Waals surface area contributed by atoms with Gasteiger partial charge >= 0.3 is 0 Å². The number of hydrogen-bond donors (Lipinski definition) is 0. The molecule has 0 bridgehead atoms. The molecule has 0 saturated heterocycles. The lowest BCUT2D eigenvalue weighted by Gasteiger charge is -2.06. The minimum atomic E-state index is -1.11. The van der Waals surface area contributed by atoms with Crippen LogP contribution in [0.5, 0.6) is 5.75 Å². The fourth-order valence-electron chi connectivity index (χ4n) is 0.715. The second-order valence-electron chi connectivity index (χ2n) is 2.05. The number of alkyl halides is 1. The minimum absolute atomic E-state index is 0.0896. The molecule has 13 heavy (non-hydrogen) atoms. The van der Waals surface area contributed by atoms with Crippen molar-refractivity contribution < 1.29 is 17.9 Å². The molecule has 6 heteroatoms. The maximum atomic E-state index is 12.9. The molecule has 1 nitrogen and oxygen atoms in total. The third-order valence-electron chi connectivity index (χ3n) is 1.28. The van der Waals surface area contributed by atoms with Crippen LogP contribution in [0, 0.1) is 11.6 Å². The van der Waals surface area contributed by atoms with Crippen molar-refractivity contribution in [3.05, 3.63) is 26.6 Å². The van der Waals surface area contributed by atoms with E-state index >= 15 is 0 Å². The number of halogens is 5. The Morgan fingerprint density at radius 1 is 1.23 bits per heavy atom. The first-order chi connectivity index (χ1) is 6.07. The van der Waals surface area contributed by atoms with Crippen LogP contribution in [0.25, 0.3) is 0 Å². The Morgan fingerprint density at radius 2 is 1.85 bits per heavy atom. The van der Waals surface area contributed by atoms with Crippen molar-refractivity contribution in [2.24, 2.45) is 0 Å². The zero-order valence-electron chi connectivity index (χ0n) is 6.08. The Labute approximate surface area is 89.1 Å². The zero-order valence-corrected chi connectivity index (χ0v) is 9.25. The summed E-state index contributed by atoms with van der Waals surface area (Å²) < 4.78 is 41.5. The van der Waals surface area contributed by atoms with Crippen molar-refractivity contribution in [2.75, 3.05) is 6.86 Å². The number of rotatable bonds is 2. The molecule has 0 heterocycles. The molecule has 1 aromatic carbocycles. The molecule has 0 atom stereocenters. The van der Waals surface area contributed by atoms with Gasteiger partial charge < -0.3 is 4.74 Å². The summed E-state index contributed by atoms with van der Waals surface area (Å²) >= 11 is 5.50. The van der Waals surface area contributed by atoms with Gasteiger partial charge in [-0.2, -0.15) is 0 Å². The lowest BCUT2D eigenvalue weighted by molar-refractivity contribution is 0.189. The maximum Gasteiger partial charge on any atom is 0.228 e. The Morgan fingerprint density at radius 3 is 2.38 bits per heavy atom. The summed E-state index contributed by atoms with van der Waals surface area (Å²) in [5.41, 5.74) is 0. The summed E-state index contributed by atoms with van der Waals surface area (Å²) in [5, 5.41) is 0. The maximum absolute atomic E-state index is 12.9. The van der Waals surface area contributed by atoms with Gasteiger partial charge in [0.15, 0.2) is 11.6 Å². The SMILES string of the molecule is FCOc1cc(Br)c(F)c(F)c1Br. The van der Waals surface area contributed by atoms with Crippen LogP contribution in [0.4, 0.5) is 13.2 Å². The standard InChI is InChI=1S/C7H3Br2F3O/c8-3-1-4(13-2-10)5(9)7(12)6(3)11/h1H,2H2. The largest absolute Gasteiger partial charge is 0.462 e. The van der Waals surface area contributed by atoms with E-state index in [-0.39, 0.29) is 14.7 Å². The third-order valence-corrected chi connectivity index (χ3v) is 2.60. The third kappa shape index (κ3) is 2.17. The van der Waals surface area contributed by atoms with Crippen LogP contribution in [0.3, 0.4) is 0 Å². The number of benzene rings is 1. The molecule has 72 valence electrons. The zero-order chi connectivity index (χ0) is 10.0. The molecule has 1 rings (SSSR count). The van der Waals surface area contributed by atoms with Crippen molar-refractivity contribution in [3.8, 4) is 5.75 Å². The summed E-state index contributed by atoms with van der Waals surface area (Å²) in [7, 11) is 0. The molecule has 0 radical (unpaired) electrons. The molecule has 0 aliphatic heterocycles. The molecule has 0 spiro atoms. The van der Waals surface area contributed by atoms with Crippen molar-refractivity contribution >= 4 is 31.9 Å². The van der Waals surface area contributed by atoms with Crippen LogP contribution < -0.4 is 4.74 Å². The lowest BCUT2D eigenvalue weighted by atomic mass is 10.3. The Balaban J connectivity index is 3.24. The van der Waals surface area contributed by atoms with Gasteiger partial charge in [-0.1, -0.05) is 0 Å². The van der Waals surface area contributed by atoms with Crippen molar-refractivity contribution in [2.45, 2.75) is 0 Å². The van der Waals surface area contributed by atoms with Crippen LogP contribution in [0.1, 0.15) is 0 Å².